The molecule has 0 aromatic rings. The van der Waals surface area contributed by atoms with Crippen LogP contribution >= 0.6 is 0 Å². The molecule has 56 valence electrons. The van der Waals surface area contributed by atoms with E-state index in [0.717, 1.165) is 12.0 Å². The van der Waals surface area contributed by atoms with E-state index in [1.165, 1.54) is 0 Å². The number of allylic oxidation sites excluding steroid dienone is 4. The fraction of sp³-hybridized carbons (Fsp3) is 0.333. The van der Waals surface area contributed by atoms with Crippen LogP contribution in [0.2, 0.25) is 0 Å². The van der Waals surface area contributed by atoms with Gasteiger partial charge in [-0.05, 0) is 13.3 Å². The van der Waals surface area contributed by atoms with E-state index in [0.29, 0.717) is 0 Å². The Balaban J connectivity index is 3.65. The van der Waals surface area contributed by atoms with E-state index in [-0.39, 0.29) is 6.61 Å². The van der Waals surface area contributed by atoms with Crippen molar-refractivity contribution in [2.75, 3.05) is 6.61 Å². The Morgan fingerprint density at radius 2 is 2.30 bits per heavy atom. The molecule has 0 atom stereocenters. The van der Waals surface area contributed by atoms with E-state index in [1.807, 2.05) is 25.2 Å². The summed E-state index contributed by atoms with van der Waals surface area (Å²) in [6.45, 7) is 5.78. The molecule has 0 bridgehead atoms. The Morgan fingerprint density at radius 3 is 2.80 bits per heavy atom. The maximum absolute atomic E-state index is 8.42. The molecule has 10 heavy (non-hydrogen) atoms. The number of hydrogen-bond donors (Lipinski definition) is 1. The van der Waals surface area contributed by atoms with Crippen molar-refractivity contribution in [3.63, 3.8) is 0 Å². The minimum atomic E-state index is 0.220. The fourth-order valence-electron chi connectivity index (χ4n) is 0.585. The molecule has 0 saturated heterocycles. The Morgan fingerprint density at radius 1 is 1.60 bits per heavy atom. The maximum Gasteiger partial charge on any atom is 0.0465 e. The van der Waals surface area contributed by atoms with Gasteiger partial charge in [0.15, 0.2) is 0 Å². The first-order chi connectivity index (χ1) is 4.81. The molecule has 0 radical (unpaired) electrons. The molecular weight excluding hydrogens is 124 g/mol. The molecule has 1 heteroatoms. The smallest absolute Gasteiger partial charge is 0.0465 e. The lowest BCUT2D eigenvalue weighted by molar-refractivity contribution is 0.302. The zero-order valence-electron chi connectivity index (χ0n) is 6.38. The number of aliphatic hydroxyl groups is 1. The summed E-state index contributed by atoms with van der Waals surface area (Å²) in [5.74, 6) is 0. The van der Waals surface area contributed by atoms with Gasteiger partial charge < -0.3 is 5.11 Å². The average Bonchev–Trinajstić information content (AvgIpc) is 1.89. The summed E-state index contributed by atoms with van der Waals surface area (Å²) in [7, 11) is 0. The van der Waals surface area contributed by atoms with Crippen LogP contribution < -0.4 is 0 Å². The monoisotopic (exact) mass is 138 g/mol. The standard InChI is InChI=1S/C9H14O/c1-3-6-9(2)7-4-5-8-10/h3-4,6-7,10H,1,5,8H2,2H3/b7-4-,9-6-. The molecule has 0 aromatic heterocycles. The molecule has 0 unspecified atom stereocenters. The minimum absolute atomic E-state index is 0.220. The lowest BCUT2D eigenvalue weighted by atomic mass is 10.2. The molecule has 0 spiro atoms. The van der Waals surface area contributed by atoms with Crippen molar-refractivity contribution in [1.29, 1.82) is 0 Å². The van der Waals surface area contributed by atoms with Crippen LogP contribution in [-0.2, 0) is 0 Å². The zero-order valence-corrected chi connectivity index (χ0v) is 6.38. The summed E-state index contributed by atoms with van der Waals surface area (Å²) in [6, 6.07) is 0. The first-order valence-electron chi connectivity index (χ1n) is 3.38. The molecule has 0 aliphatic rings. The summed E-state index contributed by atoms with van der Waals surface area (Å²) < 4.78 is 0. The number of aliphatic hydroxyl groups excluding tert-OH is 1. The van der Waals surface area contributed by atoms with E-state index in [1.54, 1.807) is 6.08 Å². The van der Waals surface area contributed by atoms with Crippen molar-refractivity contribution in [2.45, 2.75) is 13.3 Å². The van der Waals surface area contributed by atoms with E-state index >= 15 is 0 Å². The van der Waals surface area contributed by atoms with E-state index in [4.69, 9.17) is 5.11 Å². The van der Waals surface area contributed by atoms with Gasteiger partial charge in [0.1, 0.15) is 0 Å². The van der Waals surface area contributed by atoms with Crippen molar-refractivity contribution < 1.29 is 5.11 Å². The van der Waals surface area contributed by atoms with Crippen LogP contribution in [0.4, 0.5) is 0 Å². The highest BCUT2D eigenvalue weighted by atomic mass is 16.2. The molecule has 1 nitrogen and oxygen atoms in total. The SMILES string of the molecule is C=C/C=C(C)\C=C/CCO. The number of hydrogen-bond acceptors (Lipinski definition) is 1. The molecule has 0 rings (SSSR count). The van der Waals surface area contributed by atoms with Crippen molar-refractivity contribution in [3.05, 3.63) is 36.5 Å². The van der Waals surface area contributed by atoms with E-state index in [9.17, 15) is 0 Å². The van der Waals surface area contributed by atoms with Gasteiger partial charge >= 0.3 is 0 Å². The fourth-order valence-corrected chi connectivity index (χ4v) is 0.585. The lowest BCUT2D eigenvalue weighted by Gasteiger charge is -1.87. The van der Waals surface area contributed by atoms with Crippen molar-refractivity contribution >= 4 is 0 Å². The molecule has 0 heterocycles. The Bertz CT molecular complexity index is 143. The molecule has 1 N–H and O–H groups in total. The van der Waals surface area contributed by atoms with Crippen LogP contribution in [0, 0.1) is 0 Å². The highest BCUT2D eigenvalue weighted by molar-refractivity contribution is 5.20. The topological polar surface area (TPSA) is 20.2 Å². The third kappa shape index (κ3) is 5.32. The van der Waals surface area contributed by atoms with E-state index in [2.05, 4.69) is 6.58 Å². The zero-order chi connectivity index (χ0) is 7.82. The van der Waals surface area contributed by atoms with Gasteiger partial charge in [-0.1, -0.05) is 36.5 Å². The van der Waals surface area contributed by atoms with Crippen LogP contribution in [0.1, 0.15) is 13.3 Å². The predicted octanol–water partition coefficient (Wildman–Crippen LogP) is 2.06. The average molecular weight is 138 g/mol. The van der Waals surface area contributed by atoms with Crippen molar-refractivity contribution in [2.24, 2.45) is 0 Å². The third-order valence-electron chi connectivity index (χ3n) is 1.06. The van der Waals surface area contributed by atoms with E-state index < -0.39 is 0 Å². The summed E-state index contributed by atoms with van der Waals surface area (Å²) in [5, 5.41) is 8.42. The third-order valence-corrected chi connectivity index (χ3v) is 1.06. The molecule has 0 fully saturated rings. The normalized spacial score (nSPS) is 12.4. The second-order valence-corrected chi connectivity index (χ2v) is 2.06. The molecule has 0 aliphatic heterocycles. The van der Waals surface area contributed by atoms with Gasteiger partial charge in [0, 0.05) is 6.61 Å². The highest BCUT2D eigenvalue weighted by Gasteiger charge is 1.76. The second kappa shape index (κ2) is 6.30. The Kier molecular flexibility index (Phi) is 5.79. The first-order valence-corrected chi connectivity index (χ1v) is 3.38. The van der Waals surface area contributed by atoms with Gasteiger partial charge in [-0.3, -0.25) is 0 Å². The van der Waals surface area contributed by atoms with Gasteiger partial charge in [-0.15, -0.1) is 0 Å². The van der Waals surface area contributed by atoms with Gasteiger partial charge in [0.2, 0.25) is 0 Å². The molecule has 0 aliphatic carbocycles. The Hall–Kier alpha value is -0.820. The maximum atomic E-state index is 8.42. The Labute approximate surface area is 62.4 Å². The predicted molar refractivity (Wildman–Crippen MR) is 44.8 cm³/mol. The number of rotatable bonds is 4. The lowest BCUT2D eigenvalue weighted by Crippen LogP contribution is -1.75. The van der Waals surface area contributed by atoms with Crippen molar-refractivity contribution in [3.8, 4) is 0 Å². The van der Waals surface area contributed by atoms with Gasteiger partial charge in [-0.25, -0.2) is 0 Å². The van der Waals surface area contributed by atoms with Crippen LogP contribution in [0.25, 0.3) is 0 Å². The molecule has 0 amide bonds. The van der Waals surface area contributed by atoms with Crippen LogP contribution in [0.3, 0.4) is 0 Å². The molecule has 0 aromatic carbocycles. The van der Waals surface area contributed by atoms with Crippen molar-refractivity contribution in [1.82, 2.24) is 0 Å². The van der Waals surface area contributed by atoms with Crippen LogP contribution in [0.15, 0.2) is 36.5 Å². The quantitative estimate of drug-likeness (QED) is 0.589. The largest absolute Gasteiger partial charge is 0.396 e. The van der Waals surface area contributed by atoms with Gasteiger partial charge in [0.05, 0.1) is 0 Å². The summed E-state index contributed by atoms with van der Waals surface area (Å²) in [6.07, 6.45) is 8.31. The van der Waals surface area contributed by atoms with Gasteiger partial charge in [-0.2, -0.15) is 0 Å². The first kappa shape index (κ1) is 9.18. The molecule has 0 saturated carbocycles. The minimum Gasteiger partial charge on any atom is -0.396 e. The summed E-state index contributed by atoms with van der Waals surface area (Å²) in [4.78, 5) is 0. The molecular formula is C9H14O. The van der Waals surface area contributed by atoms with Crippen LogP contribution in [-0.4, -0.2) is 11.7 Å². The summed E-state index contributed by atoms with van der Waals surface area (Å²) >= 11 is 0. The summed E-state index contributed by atoms with van der Waals surface area (Å²) in [5.41, 5.74) is 1.16. The second-order valence-electron chi connectivity index (χ2n) is 2.06. The van der Waals surface area contributed by atoms with Crippen LogP contribution in [0.5, 0.6) is 0 Å². The van der Waals surface area contributed by atoms with Gasteiger partial charge in [0.25, 0.3) is 0 Å². The highest BCUT2D eigenvalue weighted by Crippen LogP contribution is 1.95.